The minimum Gasteiger partial charge on any atom is -0.427 e. The third kappa shape index (κ3) is 7.09. The van der Waals surface area contributed by atoms with Gasteiger partial charge in [0.25, 0.3) is 0 Å². The van der Waals surface area contributed by atoms with E-state index in [0.717, 1.165) is 0 Å². The van der Waals surface area contributed by atoms with Crippen molar-refractivity contribution >= 4 is 12.1 Å². The van der Waals surface area contributed by atoms with E-state index < -0.39 is 17.5 Å². The van der Waals surface area contributed by atoms with Gasteiger partial charge in [0.05, 0.1) is 5.41 Å². The summed E-state index contributed by atoms with van der Waals surface area (Å²) in [4.78, 5) is 22.3. The van der Waals surface area contributed by atoms with Gasteiger partial charge in [-0.15, -0.1) is 0 Å². The summed E-state index contributed by atoms with van der Waals surface area (Å²) in [6.45, 7) is 9.32. The second kappa shape index (κ2) is 6.35. The average Bonchev–Trinajstić information content (AvgIpc) is 2.13. The van der Waals surface area contributed by atoms with E-state index in [4.69, 9.17) is 4.74 Å². The van der Waals surface area contributed by atoms with Crippen LogP contribution < -0.4 is 5.32 Å². The summed E-state index contributed by atoms with van der Waals surface area (Å²) < 4.78 is 9.43. The first-order valence-corrected chi connectivity index (χ1v) is 5.31. The third-order valence-electron chi connectivity index (χ3n) is 1.65. The monoisotopic (exact) mass is 231 g/mol. The van der Waals surface area contributed by atoms with Gasteiger partial charge in [-0.25, -0.2) is 4.79 Å². The van der Waals surface area contributed by atoms with Crippen molar-refractivity contribution < 1.29 is 19.1 Å². The molecule has 5 heteroatoms. The van der Waals surface area contributed by atoms with Crippen LogP contribution >= 0.6 is 0 Å². The Balaban J connectivity index is 3.67. The first-order chi connectivity index (χ1) is 7.23. The van der Waals surface area contributed by atoms with Crippen LogP contribution in [-0.4, -0.2) is 25.4 Å². The zero-order valence-electron chi connectivity index (χ0n) is 10.6. The van der Waals surface area contributed by atoms with E-state index in [1.807, 2.05) is 13.8 Å². The molecule has 94 valence electrons. The Bertz CT molecular complexity index is 243. The van der Waals surface area contributed by atoms with Crippen LogP contribution in [0.25, 0.3) is 0 Å². The van der Waals surface area contributed by atoms with Crippen molar-refractivity contribution in [1.82, 2.24) is 5.32 Å². The van der Waals surface area contributed by atoms with E-state index in [-0.39, 0.29) is 6.79 Å². The molecule has 0 saturated carbocycles. The van der Waals surface area contributed by atoms with E-state index in [9.17, 15) is 9.59 Å². The zero-order valence-corrected chi connectivity index (χ0v) is 10.6. The Morgan fingerprint density at radius 3 is 2.19 bits per heavy atom. The number of hydrogen-bond acceptors (Lipinski definition) is 4. The Hall–Kier alpha value is -1.26. The molecule has 0 rings (SSSR count). The van der Waals surface area contributed by atoms with E-state index in [1.54, 1.807) is 20.8 Å². The number of carbonyl (C=O) groups is 2. The Morgan fingerprint density at radius 1 is 1.19 bits per heavy atom. The van der Waals surface area contributed by atoms with Crippen LogP contribution in [0.2, 0.25) is 0 Å². The second-order valence-electron chi connectivity index (χ2n) is 5.01. The zero-order chi connectivity index (χ0) is 12.8. The molecule has 0 atom stereocenters. The van der Waals surface area contributed by atoms with Gasteiger partial charge < -0.3 is 14.8 Å². The highest BCUT2D eigenvalue weighted by Gasteiger charge is 2.23. The van der Waals surface area contributed by atoms with Crippen molar-refractivity contribution in [3.63, 3.8) is 0 Å². The first-order valence-electron chi connectivity index (χ1n) is 5.31. The van der Waals surface area contributed by atoms with E-state index >= 15 is 0 Å². The smallest absolute Gasteiger partial charge is 0.410 e. The third-order valence-corrected chi connectivity index (χ3v) is 1.65. The normalized spacial score (nSPS) is 11.1. The first kappa shape index (κ1) is 14.7. The number of rotatable bonds is 4. The number of ether oxygens (including phenoxy) is 2. The molecule has 0 aromatic heterocycles. The maximum atomic E-state index is 11.3. The van der Waals surface area contributed by atoms with Crippen molar-refractivity contribution in [3.05, 3.63) is 0 Å². The number of amides is 1. The number of esters is 1. The van der Waals surface area contributed by atoms with E-state index in [1.165, 1.54) is 0 Å². The van der Waals surface area contributed by atoms with Crippen molar-refractivity contribution in [3.8, 4) is 0 Å². The molecule has 16 heavy (non-hydrogen) atoms. The molecule has 0 aliphatic carbocycles. The van der Waals surface area contributed by atoms with Crippen LogP contribution in [0.4, 0.5) is 4.79 Å². The van der Waals surface area contributed by atoms with Gasteiger partial charge >= 0.3 is 12.1 Å². The molecule has 0 aliphatic rings. The fourth-order valence-electron chi connectivity index (χ4n) is 0.691. The molecule has 0 unspecified atom stereocenters. The Labute approximate surface area is 96.5 Å². The molecule has 0 bridgehead atoms. The molecule has 0 fully saturated rings. The standard InChI is InChI=1S/C11H21NO4/c1-8(2)6-12-10(14)16-7-15-9(13)11(3,4)5/h8H,6-7H2,1-5H3,(H,12,14). The molecule has 0 spiro atoms. The minimum absolute atomic E-state index is 0.347. The predicted molar refractivity (Wildman–Crippen MR) is 59.7 cm³/mol. The van der Waals surface area contributed by atoms with Crippen LogP contribution in [0.15, 0.2) is 0 Å². The molecular formula is C11H21NO4. The van der Waals surface area contributed by atoms with Crippen LogP contribution in [-0.2, 0) is 14.3 Å². The topological polar surface area (TPSA) is 64.6 Å². The summed E-state index contributed by atoms with van der Waals surface area (Å²) in [5.41, 5.74) is -0.586. The van der Waals surface area contributed by atoms with Gasteiger partial charge in [-0.2, -0.15) is 0 Å². The Kier molecular flexibility index (Phi) is 5.85. The molecular weight excluding hydrogens is 210 g/mol. The van der Waals surface area contributed by atoms with Crippen LogP contribution in [0.5, 0.6) is 0 Å². The van der Waals surface area contributed by atoms with Crippen LogP contribution in [0.3, 0.4) is 0 Å². The molecule has 0 aromatic carbocycles. The molecule has 0 heterocycles. The lowest BCUT2D eigenvalue weighted by Gasteiger charge is -2.16. The quantitative estimate of drug-likeness (QED) is 0.593. The van der Waals surface area contributed by atoms with Crippen LogP contribution in [0, 0.1) is 11.3 Å². The van der Waals surface area contributed by atoms with Crippen molar-refractivity contribution in [1.29, 1.82) is 0 Å². The van der Waals surface area contributed by atoms with E-state index in [2.05, 4.69) is 10.1 Å². The van der Waals surface area contributed by atoms with Gasteiger partial charge in [-0.05, 0) is 26.7 Å². The number of nitrogens with one attached hydrogen (secondary N) is 1. The highest BCUT2D eigenvalue weighted by molar-refractivity contribution is 5.75. The van der Waals surface area contributed by atoms with E-state index in [0.29, 0.717) is 12.5 Å². The number of carbonyl (C=O) groups excluding carboxylic acids is 2. The lowest BCUT2D eigenvalue weighted by molar-refractivity contribution is -0.161. The SMILES string of the molecule is CC(C)CNC(=O)OCOC(=O)C(C)(C)C. The largest absolute Gasteiger partial charge is 0.427 e. The van der Waals surface area contributed by atoms with Gasteiger partial charge in [-0.1, -0.05) is 13.8 Å². The summed E-state index contributed by atoms with van der Waals surface area (Å²) in [7, 11) is 0. The number of hydrogen-bond donors (Lipinski definition) is 1. The van der Waals surface area contributed by atoms with Crippen molar-refractivity contribution in [2.45, 2.75) is 34.6 Å². The summed E-state index contributed by atoms with van der Waals surface area (Å²) in [5.74, 6) is -0.0474. The van der Waals surface area contributed by atoms with Gasteiger partial charge in [0.1, 0.15) is 0 Å². The predicted octanol–water partition coefficient (Wildman–Crippen LogP) is 1.92. The highest BCUT2D eigenvalue weighted by atomic mass is 16.7. The maximum absolute atomic E-state index is 11.3. The summed E-state index contributed by atoms with van der Waals surface area (Å²) in [5, 5.41) is 2.54. The molecule has 0 radical (unpaired) electrons. The second-order valence-corrected chi connectivity index (χ2v) is 5.01. The fourth-order valence-corrected chi connectivity index (χ4v) is 0.691. The maximum Gasteiger partial charge on any atom is 0.410 e. The van der Waals surface area contributed by atoms with Crippen molar-refractivity contribution in [2.24, 2.45) is 11.3 Å². The average molecular weight is 231 g/mol. The summed E-state index contributed by atoms with van der Waals surface area (Å²) >= 11 is 0. The summed E-state index contributed by atoms with van der Waals surface area (Å²) in [6.07, 6.45) is -0.574. The van der Waals surface area contributed by atoms with Gasteiger partial charge in [0.2, 0.25) is 6.79 Å². The molecule has 1 amide bonds. The van der Waals surface area contributed by atoms with Gasteiger partial charge in [-0.3, -0.25) is 4.79 Å². The Morgan fingerprint density at radius 2 is 1.75 bits per heavy atom. The summed E-state index contributed by atoms with van der Waals surface area (Å²) in [6, 6.07) is 0. The van der Waals surface area contributed by atoms with Gasteiger partial charge in [0.15, 0.2) is 0 Å². The lowest BCUT2D eigenvalue weighted by Crippen LogP contribution is -2.30. The molecule has 1 N–H and O–H groups in total. The van der Waals surface area contributed by atoms with Crippen molar-refractivity contribution in [2.75, 3.05) is 13.3 Å². The number of alkyl carbamates (subject to hydrolysis) is 1. The lowest BCUT2D eigenvalue weighted by atomic mass is 9.98. The highest BCUT2D eigenvalue weighted by Crippen LogP contribution is 2.14. The molecule has 0 aromatic rings. The molecule has 5 nitrogen and oxygen atoms in total. The fraction of sp³-hybridized carbons (Fsp3) is 0.818. The minimum atomic E-state index is -0.586. The van der Waals surface area contributed by atoms with Gasteiger partial charge in [0, 0.05) is 6.54 Å². The van der Waals surface area contributed by atoms with Crippen LogP contribution in [0.1, 0.15) is 34.6 Å². The molecule has 0 saturated heterocycles. The molecule has 0 aliphatic heterocycles.